The van der Waals surface area contributed by atoms with Crippen LogP contribution in [-0.2, 0) is 4.74 Å². The maximum Gasteiger partial charge on any atom is 0.228 e. The van der Waals surface area contributed by atoms with Crippen molar-refractivity contribution < 1.29 is 19.1 Å². The number of Topliss-reactive ketones (excluding diaryl/α,β-unsaturated/α-hetero) is 1. The summed E-state index contributed by atoms with van der Waals surface area (Å²) in [6, 6.07) is 11.5. The number of ether oxygens (including phenoxy) is 1. The van der Waals surface area contributed by atoms with E-state index in [1.54, 1.807) is 53.1 Å². The minimum absolute atomic E-state index is 0.0386. The summed E-state index contributed by atoms with van der Waals surface area (Å²) in [5.41, 5.74) is 1.41. The third-order valence-corrected chi connectivity index (χ3v) is 4.59. The summed E-state index contributed by atoms with van der Waals surface area (Å²) in [6.45, 7) is 0. The van der Waals surface area contributed by atoms with Crippen molar-refractivity contribution in [1.82, 2.24) is 4.40 Å². The number of rotatable bonds is 3. The lowest BCUT2D eigenvalue weighted by molar-refractivity contribution is 0.0914. The fraction of sp³-hybridized carbons (Fsp3) is 0.0500. The number of benzene rings is 1. The van der Waals surface area contributed by atoms with Crippen LogP contribution >= 0.6 is 11.6 Å². The van der Waals surface area contributed by atoms with Crippen molar-refractivity contribution in [2.75, 3.05) is 7.11 Å². The summed E-state index contributed by atoms with van der Waals surface area (Å²) in [5, 5.41) is 0.502. The summed E-state index contributed by atoms with van der Waals surface area (Å²) in [7, 11) is 1.33. The van der Waals surface area contributed by atoms with E-state index in [0.29, 0.717) is 16.1 Å². The molecule has 0 saturated carbocycles. The van der Waals surface area contributed by atoms with Gasteiger partial charge in [0.2, 0.25) is 11.6 Å². The Kier molecular flexibility index (Phi) is 3.74. The van der Waals surface area contributed by atoms with Gasteiger partial charge >= 0.3 is 0 Å². The Hall–Kier alpha value is -3.18. The normalized spacial score (nSPS) is 13.5. The number of aromatic nitrogens is 1. The molecule has 0 bridgehead atoms. The van der Waals surface area contributed by atoms with Gasteiger partial charge < -0.3 is 9.14 Å². The van der Waals surface area contributed by atoms with Crippen LogP contribution in [0.4, 0.5) is 0 Å². The third kappa shape index (κ3) is 2.36. The minimum Gasteiger partial charge on any atom is -0.492 e. The fourth-order valence-electron chi connectivity index (χ4n) is 3.11. The molecule has 0 spiro atoms. The molecular formula is C20H12ClNO4. The van der Waals surface area contributed by atoms with E-state index in [4.69, 9.17) is 16.3 Å². The number of carbonyl (C=O) groups is 3. The maximum absolute atomic E-state index is 13.2. The van der Waals surface area contributed by atoms with E-state index in [-0.39, 0.29) is 28.4 Å². The Morgan fingerprint density at radius 1 is 1.12 bits per heavy atom. The first kappa shape index (κ1) is 16.3. The van der Waals surface area contributed by atoms with Gasteiger partial charge in [-0.2, -0.15) is 0 Å². The zero-order valence-corrected chi connectivity index (χ0v) is 14.4. The predicted octanol–water partition coefficient (Wildman–Crippen LogP) is 3.73. The molecule has 0 aliphatic heterocycles. The van der Waals surface area contributed by atoms with Crippen LogP contribution in [0.25, 0.3) is 5.52 Å². The first-order valence-electron chi connectivity index (χ1n) is 7.80. The Morgan fingerprint density at radius 3 is 2.54 bits per heavy atom. The second kappa shape index (κ2) is 5.97. The largest absolute Gasteiger partial charge is 0.492 e. The van der Waals surface area contributed by atoms with Crippen LogP contribution in [0.5, 0.6) is 0 Å². The summed E-state index contributed by atoms with van der Waals surface area (Å²) in [5.74, 6) is -1.27. The average Bonchev–Trinajstić information content (AvgIpc) is 3.11. The maximum atomic E-state index is 13.2. The molecule has 0 unspecified atom stereocenters. The Labute approximate surface area is 153 Å². The van der Waals surface area contributed by atoms with Gasteiger partial charge in [-0.3, -0.25) is 14.4 Å². The molecule has 4 rings (SSSR count). The number of nitrogens with zero attached hydrogens (tertiary/aromatic N) is 1. The molecule has 0 atom stereocenters. The first-order valence-corrected chi connectivity index (χ1v) is 8.18. The summed E-state index contributed by atoms with van der Waals surface area (Å²) >= 11 is 5.89. The van der Waals surface area contributed by atoms with Gasteiger partial charge in [0.25, 0.3) is 0 Å². The highest BCUT2D eigenvalue weighted by molar-refractivity contribution is 6.31. The number of halogens is 1. The van der Waals surface area contributed by atoms with Gasteiger partial charge in [-0.1, -0.05) is 11.6 Å². The highest BCUT2D eigenvalue weighted by Crippen LogP contribution is 2.29. The van der Waals surface area contributed by atoms with E-state index in [9.17, 15) is 14.4 Å². The van der Waals surface area contributed by atoms with Crippen molar-refractivity contribution in [1.29, 1.82) is 0 Å². The van der Waals surface area contributed by atoms with Gasteiger partial charge in [-0.25, -0.2) is 0 Å². The molecule has 1 aromatic carbocycles. The molecule has 2 aromatic heterocycles. The molecular weight excluding hydrogens is 354 g/mol. The zero-order valence-electron chi connectivity index (χ0n) is 13.7. The average molecular weight is 366 g/mol. The lowest BCUT2D eigenvalue weighted by Crippen LogP contribution is -2.24. The molecule has 5 nitrogen and oxygen atoms in total. The standard InChI is InChI=1S/C20H12ClNO4/c1-26-16-10-15(23)17-14(20(16)25)9-13-3-2-8-22(13)18(17)19(24)11-4-6-12(21)7-5-11/h2-10H,1H3. The van der Waals surface area contributed by atoms with Crippen LogP contribution < -0.4 is 0 Å². The lowest BCUT2D eigenvalue weighted by Gasteiger charge is -2.19. The molecule has 0 radical (unpaired) electrons. The van der Waals surface area contributed by atoms with Crippen molar-refractivity contribution in [2.45, 2.75) is 0 Å². The number of hydrogen-bond donors (Lipinski definition) is 0. The summed E-state index contributed by atoms with van der Waals surface area (Å²) < 4.78 is 6.62. The number of ketones is 3. The number of methoxy groups -OCH3 is 1. The van der Waals surface area contributed by atoms with Crippen molar-refractivity contribution >= 4 is 34.5 Å². The quantitative estimate of drug-likeness (QED) is 0.663. The van der Waals surface area contributed by atoms with Gasteiger partial charge in [0.15, 0.2) is 11.5 Å². The van der Waals surface area contributed by atoms with Crippen LogP contribution in [0.1, 0.15) is 36.8 Å². The molecule has 2 heterocycles. The molecule has 1 aliphatic rings. The van der Waals surface area contributed by atoms with E-state index in [2.05, 4.69) is 0 Å². The van der Waals surface area contributed by atoms with E-state index in [0.717, 1.165) is 6.08 Å². The summed E-state index contributed by atoms with van der Waals surface area (Å²) in [6.07, 6.45) is 2.81. The number of fused-ring (bicyclic) bond motifs is 2. The van der Waals surface area contributed by atoms with Crippen LogP contribution in [0.15, 0.2) is 60.5 Å². The Bertz CT molecular complexity index is 1120. The van der Waals surface area contributed by atoms with Gasteiger partial charge in [0, 0.05) is 33.9 Å². The predicted molar refractivity (Wildman–Crippen MR) is 96.0 cm³/mol. The molecule has 1 aliphatic carbocycles. The molecule has 128 valence electrons. The highest BCUT2D eigenvalue weighted by atomic mass is 35.5. The Balaban J connectivity index is 2.02. The SMILES string of the molecule is COC1=CC(=O)c2c(cc3cccn3c2C(=O)c2ccc(Cl)cc2)C1=O. The molecule has 0 saturated heterocycles. The van der Waals surface area contributed by atoms with E-state index in [1.165, 1.54) is 7.11 Å². The van der Waals surface area contributed by atoms with Crippen molar-refractivity contribution in [3.8, 4) is 0 Å². The Morgan fingerprint density at radius 2 is 1.85 bits per heavy atom. The van der Waals surface area contributed by atoms with Crippen LogP contribution in [0.3, 0.4) is 0 Å². The second-order valence-corrected chi connectivity index (χ2v) is 6.26. The minimum atomic E-state index is -0.440. The van der Waals surface area contributed by atoms with Crippen LogP contribution in [0.2, 0.25) is 5.02 Å². The third-order valence-electron chi connectivity index (χ3n) is 4.34. The molecule has 0 N–H and O–H groups in total. The van der Waals surface area contributed by atoms with Crippen molar-refractivity contribution in [3.05, 3.63) is 87.9 Å². The van der Waals surface area contributed by atoms with Gasteiger partial charge in [0.1, 0.15) is 5.69 Å². The number of hydrogen-bond acceptors (Lipinski definition) is 4. The van der Waals surface area contributed by atoms with E-state index < -0.39 is 11.6 Å². The first-order chi connectivity index (χ1) is 12.5. The molecule has 6 heteroatoms. The zero-order chi connectivity index (χ0) is 18.4. The smallest absolute Gasteiger partial charge is 0.228 e. The van der Waals surface area contributed by atoms with Crippen LogP contribution in [-0.4, -0.2) is 28.9 Å². The van der Waals surface area contributed by atoms with Gasteiger partial charge in [-0.15, -0.1) is 0 Å². The molecule has 3 aromatic rings. The lowest BCUT2D eigenvalue weighted by atomic mass is 9.89. The van der Waals surface area contributed by atoms with Gasteiger partial charge in [-0.05, 0) is 42.5 Å². The second-order valence-electron chi connectivity index (χ2n) is 5.83. The number of pyridine rings is 1. The topological polar surface area (TPSA) is 64.8 Å². The summed E-state index contributed by atoms with van der Waals surface area (Å²) in [4.78, 5) is 38.5. The number of carbonyl (C=O) groups excluding carboxylic acids is 3. The highest BCUT2D eigenvalue weighted by Gasteiger charge is 2.32. The van der Waals surface area contributed by atoms with E-state index in [1.807, 2.05) is 0 Å². The van der Waals surface area contributed by atoms with Crippen molar-refractivity contribution in [3.63, 3.8) is 0 Å². The monoisotopic (exact) mass is 365 g/mol. The van der Waals surface area contributed by atoms with Gasteiger partial charge in [0.05, 0.1) is 12.7 Å². The van der Waals surface area contributed by atoms with Crippen LogP contribution in [0, 0.1) is 0 Å². The molecule has 0 amide bonds. The molecule has 26 heavy (non-hydrogen) atoms. The van der Waals surface area contributed by atoms with E-state index >= 15 is 0 Å². The van der Waals surface area contributed by atoms with Crippen molar-refractivity contribution in [2.24, 2.45) is 0 Å². The molecule has 0 fully saturated rings. The number of allylic oxidation sites excluding steroid dienone is 2. The fourth-order valence-corrected chi connectivity index (χ4v) is 3.24.